The maximum absolute atomic E-state index is 12.8. The zero-order valence-electron chi connectivity index (χ0n) is 18.9. The van der Waals surface area contributed by atoms with E-state index < -0.39 is 0 Å². The topological polar surface area (TPSA) is 76.0 Å². The first-order chi connectivity index (χ1) is 14.3. The molecule has 0 spiro atoms. The van der Waals surface area contributed by atoms with Crippen LogP contribution in [0.4, 0.5) is 0 Å². The summed E-state index contributed by atoms with van der Waals surface area (Å²) >= 11 is 0. The molecule has 0 aromatic carbocycles. The molecule has 3 saturated carbocycles. The fraction of sp³-hybridized carbons (Fsp3) is 0.880. The minimum atomic E-state index is -0.172. The Balaban J connectivity index is 1.53. The van der Waals surface area contributed by atoms with Crippen LogP contribution in [0.5, 0.6) is 0 Å². The fourth-order valence-corrected chi connectivity index (χ4v) is 7.95. The summed E-state index contributed by atoms with van der Waals surface area (Å²) in [6, 6.07) is 0. The Morgan fingerprint density at radius 1 is 1.17 bits per heavy atom. The number of aliphatic hydroxyl groups is 2. The molecule has 8 atom stereocenters. The Morgan fingerprint density at radius 3 is 2.70 bits per heavy atom. The molecule has 0 bridgehead atoms. The van der Waals surface area contributed by atoms with Crippen molar-refractivity contribution in [3.8, 4) is 0 Å². The van der Waals surface area contributed by atoms with Crippen LogP contribution in [-0.2, 0) is 14.3 Å². The average Bonchev–Trinajstić information content (AvgIpc) is 3.00. The molecule has 0 amide bonds. The van der Waals surface area contributed by atoms with Crippen LogP contribution < -0.4 is 0 Å². The number of allylic oxidation sites excluding steroid dienone is 1. The minimum absolute atomic E-state index is 0.0134. The van der Waals surface area contributed by atoms with Crippen molar-refractivity contribution in [3.05, 3.63) is 11.6 Å². The van der Waals surface area contributed by atoms with Crippen molar-refractivity contribution in [2.45, 2.75) is 77.9 Å². The third-order valence-corrected chi connectivity index (χ3v) is 9.32. The van der Waals surface area contributed by atoms with Gasteiger partial charge in [0.1, 0.15) is 5.78 Å². The van der Waals surface area contributed by atoms with Gasteiger partial charge in [0.2, 0.25) is 0 Å². The first kappa shape index (κ1) is 22.4. The highest BCUT2D eigenvalue weighted by Gasteiger charge is 2.62. The molecule has 4 aliphatic rings. The normalized spacial score (nSPS) is 45.3. The third kappa shape index (κ3) is 3.70. The molecule has 0 saturated heterocycles. The van der Waals surface area contributed by atoms with Gasteiger partial charge in [0.25, 0.3) is 0 Å². The van der Waals surface area contributed by atoms with E-state index in [2.05, 4.69) is 19.9 Å². The predicted octanol–water partition coefficient (Wildman–Crippen LogP) is 3.52. The molecule has 4 aliphatic carbocycles. The quantitative estimate of drug-likeness (QED) is 0.487. The smallest absolute Gasteiger partial charge is 0.136 e. The standard InChI is InChI=1S/C25H40O5/c1-16(27)23-22(30-13-12-29-11-10-26)15-21-19-5-4-17-14-18(28)6-8-24(17,2)20(19)7-9-25(21,23)3/h4,18-23,26,28H,5-15H2,1-3H3/t18-,19+,20-,21-,22+,23-,24-,25-/m0/s1. The number of fused-ring (bicyclic) bond motifs is 5. The lowest BCUT2D eigenvalue weighted by Crippen LogP contribution is -2.51. The second kappa shape index (κ2) is 8.65. The van der Waals surface area contributed by atoms with Crippen molar-refractivity contribution in [1.82, 2.24) is 0 Å². The second-order valence-corrected chi connectivity index (χ2v) is 10.8. The van der Waals surface area contributed by atoms with E-state index in [9.17, 15) is 9.90 Å². The van der Waals surface area contributed by atoms with Gasteiger partial charge in [0.15, 0.2) is 0 Å². The van der Waals surface area contributed by atoms with E-state index in [1.807, 2.05) is 0 Å². The number of Topliss-reactive ketones (excluding diaryl/α,β-unsaturated/α-hetero) is 1. The Bertz CT molecular complexity index is 674. The molecular formula is C25H40O5. The number of hydrogen-bond acceptors (Lipinski definition) is 5. The summed E-state index contributed by atoms with van der Waals surface area (Å²) in [5.74, 6) is 2.00. The lowest BCUT2D eigenvalue weighted by molar-refractivity contribution is -0.133. The molecule has 4 rings (SSSR count). The predicted molar refractivity (Wildman–Crippen MR) is 115 cm³/mol. The Labute approximate surface area is 181 Å². The van der Waals surface area contributed by atoms with Crippen molar-refractivity contribution in [2.75, 3.05) is 26.4 Å². The van der Waals surface area contributed by atoms with Crippen LogP contribution in [0.2, 0.25) is 0 Å². The molecule has 0 aromatic rings. The van der Waals surface area contributed by atoms with Crippen LogP contribution in [0.3, 0.4) is 0 Å². The molecule has 0 aromatic heterocycles. The number of ketones is 1. The lowest BCUT2D eigenvalue weighted by atomic mass is 9.47. The van der Waals surface area contributed by atoms with E-state index in [0.29, 0.717) is 37.6 Å². The van der Waals surface area contributed by atoms with Crippen molar-refractivity contribution < 1.29 is 24.5 Å². The highest BCUT2D eigenvalue weighted by atomic mass is 16.5. The number of carbonyl (C=O) groups is 1. The molecule has 30 heavy (non-hydrogen) atoms. The van der Waals surface area contributed by atoms with Gasteiger partial charge in [-0.05, 0) is 80.5 Å². The van der Waals surface area contributed by atoms with Crippen LogP contribution in [0.25, 0.3) is 0 Å². The van der Waals surface area contributed by atoms with Gasteiger partial charge in [-0.1, -0.05) is 25.5 Å². The van der Waals surface area contributed by atoms with Crippen LogP contribution >= 0.6 is 0 Å². The number of ether oxygens (including phenoxy) is 2. The number of carbonyl (C=O) groups excluding carboxylic acids is 1. The van der Waals surface area contributed by atoms with Crippen LogP contribution in [0.1, 0.15) is 65.7 Å². The lowest BCUT2D eigenvalue weighted by Gasteiger charge is -2.57. The Morgan fingerprint density at radius 2 is 1.97 bits per heavy atom. The summed E-state index contributed by atoms with van der Waals surface area (Å²) in [4.78, 5) is 12.8. The van der Waals surface area contributed by atoms with Gasteiger partial charge in [-0.15, -0.1) is 0 Å². The van der Waals surface area contributed by atoms with Crippen LogP contribution in [-0.4, -0.2) is 54.6 Å². The van der Waals surface area contributed by atoms with Gasteiger partial charge in [0.05, 0.1) is 38.6 Å². The van der Waals surface area contributed by atoms with Crippen LogP contribution in [0, 0.1) is 34.5 Å². The van der Waals surface area contributed by atoms with Crippen molar-refractivity contribution in [2.24, 2.45) is 34.5 Å². The summed E-state index contributed by atoms with van der Waals surface area (Å²) in [7, 11) is 0. The number of rotatable bonds is 7. The number of aliphatic hydroxyl groups excluding tert-OH is 2. The minimum Gasteiger partial charge on any atom is -0.394 e. The molecule has 170 valence electrons. The molecule has 0 unspecified atom stereocenters. The largest absolute Gasteiger partial charge is 0.394 e. The average molecular weight is 421 g/mol. The molecular weight excluding hydrogens is 380 g/mol. The zero-order chi connectivity index (χ0) is 21.5. The molecule has 5 heteroatoms. The zero-order valence-corrected chi connectivity index (χ0v) is 18.9. The summed E-state index contributed by atoms with van der Waals surface area (Å²) in [5.41, 5.74) is 1.72. The van der Waals surface area contributed by atoms with Gasteiger partial charge in [0, 0.05) is 5.92 Å². The number of hydrogen-bond donors (Lipinski definition) is 2. The van der Waals surface area contributed by atoms with Gasteiger partial charge in [-0.25, -0.2) is 0 Å². The maximum Gasteiger partial charge on any atom is 0.136 e. The Kier molecular flexibility index (Phi) is 6.47. The summed E-state index contributed by atoms with van der Waals surface area (Å²) in [6.07, 6.45) is 9.40. The molecule has 5 nitrogen and oxygen atoms in total. The van der Waals surface area contributed by atoms with E-state index in [4.69, 9.17) is 14.6 Å². The maximum atomic E-state index is 12.8. The summed E-state index contributed by atoms with van der Waals surface area (Å²) in [5, 5.41) is 19.1. The molecule has 2 N–H and O–H groups in total. The van der Waals surface area contributed by atoms with Gasteiger partial charge >= 0.3 is 0 Å². The SMILES string of the molecule is CC(=O)[C@H]1[C@H](OCCOCCO)C[C@H]2[C@@H]3CC=C4C[C@@H](O)CC[C@]4(C)[C@H]3CC[C@@]21C. The first-order valence-electron chi connectivity index (χ1n) is 12.0. The van der Waals surface area contributed by atoms with E-state index in [-0.39, 0.29) is 41.3 Å². The van der Waals surface area contributed by atoms with Crippen molar-refractivity contribution in [3.63, 3.8) is 0 Å². The first-order valence-corrected chi connectivity index (χ1v) is 12.0. The highest BCUT2D eigenvalue weighted by molar-refractivity contribution is 5.80. The monoisotopic (exact) mass is 420 g/mol. The van der Waals surface area contributed by atoms with E-state index in [1.54, 1.807) is 6.92 Å². The van der Waals surface area contributed by atoms with Crippen molar-refractivity contribution >= 4 is 5.78 Å². The van der Waals surface area contributed by atoms with Gasteiger partial charge in [-0.2, -0.15) is 0 Å². The van der Waals surface area contributed by atoms with E-state index in [1.165, 1.54) is 12.0 Å². The second-order valence-electron chi connectivity index (χ2n) is 10.8. The van der Waals surface area contributed by atoms with Gasteiger partial charge < -0.3 is 19.7 Å². The fourth-order valence-electron chi connectivity index (χ4n) is 7.95. The van der Waals surface area contributed by atoms with Gasteiger partial charge in [-0.3, -0.25) is 4.79 Å². The molecule has 3 fully saturated rings. The Hall–Kier alpha value is -0.750. The third-order valence-electron chi connectivity index (χ3n) is 9.32. The summed E-state index contributed by atoms with van der Waals surface area (Å²) < 4.78 is 11.6. The van der Waals surface area contributed by atoms with Crippen LogP contribution in [0.15, 0.2) is 11.6 Å². The molecule has 0 aliphatic heterocycles. The summed E-state index contributed by atoms with van der Waals surface area (Å²) in [6.45, 7) is 7.81. The highest BCUT2D eigenvalue weighted by Crippen LogP contribution is 2.66. The molecule has 0 heterocycles. The van der Waals surface area contributed by atoms with E-state index in [0.717, 1.165) is 38.5 Å². The van der Waals surface area contributed by atoms with E-state index >= 15 is 0 Å². The van der Waals surface area contributed by atoms with Crippen molar-refractivity contribution in [1.29, 1.82) is 0 Å². The molecule has 0 radical (unpaired) electrons.